The van der Waals surface area contributed by atoms with Crippen molar-refractivity contribution in [1.29, 1.82) is 0 Å². The van der Waals surface area contributed by atoms with Crippen LogP contribution in [0.2, 0.25) is 0 Å². The molecular formula is C21H29FN6O2. The van der Waals surface area contributed by atoms with Crippen molar-refractivity contribution in [3.05, 3.63) is 47.8 Å². The number of carbonyl (C=O) groups excluding carboxylic acids is 1. The van der Waals surface area contributed by atoms with Crippen molar-refractivity contribution in [1.82, 2.24) is 19.4 Å². The average molecular weight is 417 g/mol. The van der Waals surface area contributed by atoms with E-state index >= 15 is 0 Å². The summed E-state index contributed by atoms with van der Waals surface area (Å²) in [6.07, 6.45) is 3.04. The van der Waals surface area contributed by atoms with Crippen molar-refractivity contribution >= 4 is 12.1 Å². The summed E-state index contributed by atoms with van der Waals surface area (Å²) in [5.41, 5.74) is 6.78. The van der Waals surface area contributed by atoms with Gasteiger partial charge in [-0.05, 0) is 45.4 Å². The molecule has 1 saturated heterocycles. The number of imidazole rings is 1. The summed E-state index contributed by atoms with van der Waals surface area (Å²) in [6.45, 7) is 9.80. The van der Waals surface area contributed by atoms with Gasteiger partial charge in [-0.3, -0.25) is 0 Å². The zero-order chi connectivity index (χ0) is 21.9. The van der Waals surface area contributed by atoms with Crippen LogP contribution in [-0.2, 0) is 11.3 Å². The molecule has 1 fully saturated rings. The number of carbonyl (C=O) groups is 1. The largest absolute Gasteiger partial charge is 0.444 e. The summed E-state index contributed by atoms with van der Waals surface area (Å²) in [7, 11) is 0. The molecule has 0 aliphatic carbocycles. The molecule has 1 aliphatic rings. The molecule has 1 aliphatic heterocycles. The van der Waals surface area contributed by atoms with Gasteiger partial charge in [-0.1, -0.05) is 6.07 Å². The van der Waals surface area contributed by atoms with E-state index in [1.54, 1.807) is 27.9 Å². The van der Waals surface area contributed by atoms with Crippen LogP contribution in [0.1, 0.15) is 32.2 Å². The number of hydrogen-bond acceptors (Lipinski definition) is 4. The van der Waals surface area contributed by atoms with E-state index in [0.717, 1.165) is 11.4 Å². The van der Waals surface area contributed by atoms with E-state index in [1.807, 2.05) is 38.7 Å². The first-order chi connectivity index (χ1) is 14.1. The Labute approximate surface area is 176 Å². The number of amides is 1. The Hall–Kier alpha value is -3.10. The smallest absolute Gasteiger partial charge is 0.410 e. The fraction of sp³-hybridized carbons (Fsp3) is 0.476. The number of guanidine groups is 1. The van der Waals surface area contributed by atoms with Crippen molar-refractivity contribution in [2.24, 2.45) is 10.7 Å². The number of ether oxygens (including phenoxy) is 1. The van der Waals surface area contributed by atoms with Crippen LogP contribution in [0.5, 0.6) is 0 Å². The van der Waals surface area contributed by atoms with Crippen LogP contribution in [0.3, 0.4) is 0 Å². The standard InChI is InChI=1S/C21H29FN6O2/c1-15-24-7-8-28(15)18-6-5-16(13-17(18)22)14-25-19(23)26-9-11-27(12-10-26)20(29)30-21(2,3)4/h5-8,13H,9-12,14H2,1-4H3,(H2,23,25). The topological polar surface area (TPSA) is 89.0 Å². The fourth-order valence-corrected chi connectivity index (χ4v) is 3.19. The minimum Gasteiger partial charge on any atom is -0.444 e. The minimum absolute atomic E-state index is 0.276. The van der Waals surface area contributed by atoms with Crippen molar-refractivity contribution in [3.63, 3.8) is 0 Å². The van der Waals surface area contributed by atoms with Gasteiger partial charge in [-0.15, -0.1) is 0 Å². The highest BCUT2D eigenvalue weighted by Gasteiger charge is 2.26. The van der Waals surface area contributed by atoms with Gasteiger partial charge in [-0.2, -0.15) is 0 Å². The van der Waals surface area contributed by atoms with E-state index < -0.39 is 5.60 Å². The summed E-state index contributed by atoms with van der Waals surface area (Å²) >= 11 is 0. The molecular weight excluding hydrogens is 387 g/mol. The second kappa shape index (κ2) is 8.73. The molecule has 30 heavy (non-hydrogen) atoms. The quantitative estimate of drug-likeness (QED) is 0.614. The van der Waals surface area contributed by atoms with Crippen LogP contribution >= 0.6 is 0 Å². The summed E-state index contributed by atoms with van der Waals surface area (Å²) in [4.78, 5) is 24.3. The molecule has 1 aromatic heterocycles. The monoisotopic (exact) mass is 416 g/mol. The minimum atomic E-state index is -0.518. The zero-order valence-electron chi connectivity index (χ0n) is 17.9. The number of piperazine rings is 1. The Morgan fingerprint density at radius 3 is 2.47 bits per heavy atom. The lowest BCUT2D eigenvalue weighted by molar-refractivity contribution is 0.0186. The van der Waals surface area contributed by atoms with Gasteiger partial charge >= 0.3 is 6.09 Å². The molecule has 1 amide bonds. The third-order valence-electron chi connectivity index (χ3n) is 4.78. The van der Waals surface area contributed by atoms with E-state index in [4.69, 9.17) is 10.5 Å². The maximum absolute atomic E-state index is 14.5. The van der Waals surface area contributed by atoms with Gasteiger partial charge < -0.3 is 24.8 Å². The van der Waals surface area contributed by atoms with Crippen LogP contribution in [0.4, 0.5) is 9.18 Å². The van der Waals surface area contributed by atoms with Gasteiger partial charge in [0.2, 0.25) is 0 Å². The third kappa shape index (κ3) is 5.28. The SMILES string of the molecule is Cc1nccn1-c1ccc(CN=C(N)N2CCN(C(=O)OC(C)(C)C)CC2)cc1F. The maximum Gasteiger partial charge on any atom is 0.410 e. The van der Waals surface area contributed by atoms with Crippen molar-refractivity contribution in [2.45, 2.75) is 39.8 Å². The molecule has 162 valence electrons. The molecule has 3 rings (SSSR count). The Kier molecular flexibility index (Phi) is 6.28. The second-order valence-electron chi connectivity index (χ2n) is 8.26. The van der Waals surface area contributed by atoms with Gasteiger partial charge in [0.05, 0.1) is 12.2 Å². The lowest BCUT2D eigenvalue weighted by Crippen LogP contribution is -2.53. The predicted octanol–water partition coefficient (Wildman–Crippen LogP) is 2.69. The molecule has 8 nitrogen and oxygen atoms in total. The summed E-state index contributed by atoms with van der Waals surface area (Å²) in [6, 6.07) is 5.01. The summed E-state index contributed by atoms with van der Waals surface area (Å²) in [5.74, 6) is 0.761. The van der Waals surface area contributed by atoms with E-state index in [1.165, 1.54) is 6.07 Å². The highest BCUT2D eigenvalue weighted by Crippen LogP contribution is 2.17. The normalized spacial score (nSPS) is 15.4. The first-order valence-electron chi connectivity index (χ1n) is 9.95. The second-order valence-corrected chi connectivity index (χ2v) is 8.26. The van der Waals surface area contributed by atoms with Crippen LogP contribution in [0.15, 0.2) is 35.6 Å². The number of nitrogens with zero attached hydrogens (tertiary/aromatic N) is 5. The van der Waals surface area contributed by atoms with E-state index in [0.29, 0.717) is 37.8 Å². The van der Waals surface area contributed by atoms with E-state index in [2.05, 4.69) is 9.98 Å². The molecule has 0 atom stereocenters. The molecule has 9 heteroatoms. The van der Waals surface area contributed by atoms with Crippen molar-refractivity contribution in [2.75, 3.05) is 26.2 Å². The predicted molar refractivity (Wildman–Crippen MR) is 113 cm³/mol. The Bertz CT molecular complexity index is 926. The third-order valence-corrected chi connectivity index (χ3v) is 4.78. The van der Waals surface area contributed by atoms with Crippen molar-refractivity contribution in [3.8, 4) is 5.69 Å². The molecule has 0 radical (unpaired) electrons. The number of nitrogens with two attached hydrogens (primary N) is 1. The fourth-order valence-electron chi connectivity index (χ4n) is 3.19. The van der Waals surface area contributed by atoms with Crippen LogP contribution < -0.4 is 5.73 Å². The van der Waals surface area contributed by atoms with Gasteiger partial charge in [0, 0.05) is 38.6 Å². The van der Waals surface area contributed by atoms with Gasteiger partial charge in [-0.25, -0.2) is 19.2 Å². The Morgan fingerprint density at radius 2 is 1.90 bits per heavy atom. The number of rotatable bonds is 3. The van der Waals surface area contributed by atoms with Crippen LogP contribution in [0.25, 0.3) is 5.69 Å². The molecule has 0 unspecified atom stereocenters. The highest BCUT2D eigenvalue weighted by molar-refractivity contribution is 5.78. The average Bonchev–Trinajstić information content (AvgIpc) is 3.10. The zero-order valence-corrected chi connectivity index (χ0v) is 17.9. The van der Waals surface area contributed by atoms with Gasteiger partial charge in [0.25, 0.3) is 0 Å². The summed E-state index contributed by atoms with van der Waals surface area (Å²) in [5, 5.41) is 0. The molecule has 0 saturated carbocycles. The Morgan fingerprint density at radius 1 is 1.23 bits per heavy atom. The molecule has 2 aromatic rings. The van der Waals surface area contributed by atoms with Crippen molar-refractivity contribution < 1.29 is 13.9 Å². The number of hydrogen-bond donors (Lipinski definition) is 1. The number of aromatic nitrogens is 2. The molecule has 2 heterocycles. The number of benzene rings is 1. The van der Waals surface area contributed by atoms with Crippen LogP contribution in [-0.4, -0.2) is 63.2 Å². The maximum atomic E-state index is 14.5. The first-order valence-corrected chi connectivity index (χ1v) is 9.95. The van der Waals surface area contributed by atoms with Gasteiger partial charge in [0.15, 0.2) is 5.96 Å². The van der Waals surface area contributed by atoms with Gasteiger partial charge in [0.1, 0.15) is 17.2 Å². The van der Waals surface area contributed by atoms with E-state index in [-0.39, 0.29) is 18.5 Å². The van der Waals surface area contributed by atoms with E-state index in [9.17, 15) is 9.18 Å². The molecule has 0 spiro atoms. The first kappa shape index (κ1) is 21.6. The molecule has 0 bridgehead atoms. The lowest BCUT2D eigenvalue weighted by Gasteiger charge is -2.36. The number of aryl methyl sites for hydroxylation is 1. The number of halogens is 1. The molecule has 1 aromatic carbocycles. The lowest BCUT2D eigenvalue weighted by atomic mass is 10.2. The number of aliphatic imine (C=N–C) groups is 1. The van der Waals surface area contributed by atoms with Crippen LogP contribution in [0, 0.1) is 12.7 Å². The molecule has 2 N–H and O–H groups in total. The summed E-state index contributed by atoms with van der Waals surface area (Å²) < 4.78 is 21.6. The highest BCUT2D eigenvalue weighted by atomic mass is 19.1. The Balaban J connectivity index is 1.56.